The molecule has 3 aromatic carbocycles. The lowest BCUT2D eigenvalue weighted by Crippen LogP contribution is -2.03. The maximum Gasteiger partial charge on any atom is 0.162 e. The molecule has 4 aromatic rings. The fourth-order valence-electron chi connectivity index (χ4n) is 2.92. The number of aryl methyl sites for hydroxylation is 1. The molecule has 6 heteroatoms. The molecule has 0 fully saturated rings. The number of nitrogens with zero attached hydrogens (tertiary/aromatic N) is 3. The van der Waals surface area contributed by atoms with Gasteiger partial charge in [-0.3, -0.25) is 5.43 Å². The maximum absolute atomic E-state index is 6.18. The zero-order chi connectivity index (χ0) is 20.4. The van der Waals surface area contributed by atoms with E-state index >= 15 is 0 Å². The summed E-state index contributed by atoms with van der Waals surface area (Å²) in [6.07, 6.45) is 0. The molecule has 0 saturated carbocycles. The highest BCUT2D eigenvalue weighted by Crippen LogP contribution is 2.29. The van der Waals surface area contributed by atoms with Crippen molar-refractivity contribution in [2.24, 2.45) is 5.10 Å². The van der Waals surface area contributed by atoms with Crippen molar-refractivity contribution in [2.75, 3.05) is 5.43 Å². The Morgan fingerprint density at radius 3 is 2.41 bits per heavy atom. The van der Waals surface area contributed by atoms with E-state index in [1.165, 1.54) is 5.56 Å². The molecule has 4 nitrogen and oxygen atoms in total. The molecule has 0 radical (unpaired) electrons. The largest absolute Gasteiger partial charge is 0.260 e. The van der Waals surface area contributed by atoms with Crippen LogP contribution in [0.1, 0.15) is 18.1 Å². The highest BCUT2D eigenvalue weighted by atomic mass is 35.5. The van der Waals surface area contributed by atoms with Crippen LogP contribution in [0.3, 0.4) is 0 Å². The highest BCUT2D eigenvalue weighted by Gasteiger charge is 2.11. The molecule has 0 saturated heterocycles. The number of anilines is 1. The summed E-state index contributed by atoms with van der Waals surface area (Å²) in [5.41, 5.74) is 7.84. The molecule has 4 rings (SSSR count). The molecule has 0 aliphatic carbocycles. The van der Waals surface area contributed by atoms with Gasteiger partial charge >= 0.3 is 0 Å². The van der Waals surface area contributed by atoms with Gasteiger partial charge in [0.2, 0.25) is 0 Å². The minimum absolute atomic E-state index is 0.462. The van der Waals surface area contributed by atoms with Crippen LogP contribution in [0.2, 0.25) is 10.0 Å². The van der Waals surface area contributed by atoms with Crippen molar-refractivity contribution in [3.8, 4) is 11.4 Å². The lowest BCUT2D eigenvalue weighted by molar-refractivity contribution is 1.18. The Bertz CT molecular complexity index is 1220. The number of hydrogen-bond acceptors (Lipinski definition) is 4. The third-order valence-corrected chi connectivity index (χ3v) is 5.32. The SMILES string of the molecule is CC(=NNc1nc(-c2ccc(Cl)c(Cl)c2)nc2ccccc12)c1ccc(C)cc1. The smallest absolute Gasteiger partial charge is 0.162 e. The van der Waals surface area contributed by atoms with E-state index < -0.39 is 0 Å². The maximum atomic E-state index is 6.18. The molecular weight excluding hydrogens is 403 g/mol. The zero-order valence-corrected chi connectivity index (χ0v) is 17.5. The van der Waals surface area contributed by atoms with Crippen molar-refractivity contribution < 1.29 is 0 Å². The number of halogens is 2. The molecule has 0 aliphatic heterocycles. The number of hydrogen-bond donors (Lipinski definition) is 1. The first kappa shape index (κ1) is 19.4. The summed E-state index contributed by atoms with van der Waals surface area (Å²) in [4.78, 5) is 9.36. The second-order valence-corrected chi connectivity index (χ2v) is 7.53. The highest BCUT2D eigenvalue weighted by molar-refractivity contribution is 6.42. The number of nitrogens with one attached hydrogen (secondary N) is 1. The Balaban J connectivity index is 1.75. The number of fused-ring (bicyclic) bond motifs is 1. The molecule has 1 N–H and O–H groups in total. The number of aromatic nitrogens is 2. The van der Waals surface area contributed by atoms with Crippen LogP contribution in [0.4, 0.5) is 5.82 Å². The van der Waals surface area contributed by atoms with E-state index in [1.54, 1.807) is 12.1 Å². The van der Waals surface area contributed by atoms with E-state index in [1.807, 2.05) is 37.3 Å². The molecule has 1 aromatic heterocycles. The minimum Gasteiger partial charge on any atom is -0.260 e. The summed E-state index contributed by atoms with van der Waals surface area (Å²) in [7, 11) is 0. The fraction of sp³-hybridized carbons (Fsp3) is 0.0870. The zero-order valence-electron chi connectivity index (χ0n) is 15.9. The monoisotopic (exact) mass is 420 g/mol. The van der Waals surface area contributed by atoms with Gasteiger partial charge in [-0.2, -0.15) is 5.10 Å². The van der Waals surface area contributed by atoms with E-state index in [0.29, 0.717) is 21.7 Å². The van der Waals surface area contributed by atoms with E-state index in [9.17, 15) is 0 Å². The lowest BCUT2D eigenvalue weighted by Gasteiger charge is -2.10. The molecule has 1 heterocycles. The van der Waals surface area contributed by atoms with E-state index in [0.717, 1.165) is 27.7 Å². The van der Waals surface area contributed by atoms with Crippen LogP contribution in [-0.4, -0.2) is 15.7 Å². The summed E-state index contributed by atoms with van der Waals surface area (Å²) in [5.74, 6) is 1.18. The first-order chi connectivity index (χ1) is 14.0. The molecule has 29 heavy (non-hydrogen) atoms. The number of para-hydroxylation sites is 1. The standard InChI is InChI=1S/C23H18Cl2N4/c1-14-7-9-16(10-8-14)15(2)28-29-23-18-5-3-4-6-21(18)26-22(27-23)17-11-12-19(24)20(25)13-17/h3-13H,1-2H3,(H,26,27,29). The number of hydrazone groups is 1. The van der Waals surface area contributed by atoms with Crippen molar-refractivity contribution in [2.45, 2.75) is 13.8 Å². The first-order valence-electron chi connectivity index (χ1n) is 9.11. The predicted molar refractivity (Wildman–Crippen MR) is 122 cm³/mol. The first-order valence-corrected chi connectivity index (χ1v) is 9.86. The van der Waals surface area contributed by atoms with Gasteiger partial charge in [-0.15, -0.1) is 0 Å². The Morgan fingerprint density at radius 2 is 1.66 bits per heavy atom. The second kappa shape index (κ2) is 8.19. The van der Waals surface area contributed by atoms with Gasteiger partial charge < -0.3 is 0 Å². The van der Waals surface area contributed by atoms with Crippen LogP contribution in [0.15, 0.2) is 71.8 Å². The molecule has 0 bridgehead atoms. The quantitative estimate of drug-likeness (QED) is 0.293. The van der Waals surface area contributed by atoms with Gasteiger partial charge in [-0.1, -0.05) is 65.2 Å². The molecule has 0 atom stereocenters. The van der Waals surface area contributed by atoms with Gasteiger partial charge in [0.15, 0.2) is 11.6 Å². The van der Waals surface area contributed by atoms with E-state index in [4.69, 9.17) is 28.2 Å². The van der Waals surface area contributed by atoms with Crippen molar-refractivity contribution in [3.05, 3.63) is 87.9 Å². The van der Waals surface area contributed by atoms with Crippen molar-refractivity contribution in [1.29, 1.82) is 0 Å². The van der Waals surface area contributed by atoms with Crippen LogP contribution in [0, 0.1) is 6.92 Å². The van der Waals surface area contributed by atoms with Crippen LogP contribution in [-0.2, 0) is 0 Å². The topological polar surface area (TPSA) is 50.2 Å². The summed E-state index contributed by atoms with van der Waals surface area (Å²) in [6.45, 7) is 4.02. The lowest BCUT2D eigenvalue weighted by atomic mass is 10.1. The second-order valence-electron chi connectivity index (χ2n) is 6.72. The van der Waals surface area contributed by atoms with Crippen molar-refractivity contribution in [3.63, 3.8) is 0 Å². The molecule has 144 valence electrons. The van der Waals surface area contributed by atoms with Crippen LogP contribution in [0.25, 0.3) is 22.3 Å². The molecule has 0 unspecified atom stereocenters. The molecule has 0 amide bonds. The average molecular weight is 421 g/mol. The average Bonchev–Trinajstić information content (AvgIpc) is 2.74. The molecule has 0 spiro atoms. The summed E-state index contributed by atoms with van der Waals surface area (Å²) < 4.78 is 0. The van der Waals surface area contributed by atoms with Gasteiger partial charge in [-0.25, -0.2) is 9.97 Å². The van der Waals surface area contributed by atoms with Gasteiger partial charge in [0.25, 0.3) is 0 Å². The van der Waals surface area contributed by atoms with E-state index in [-0.39, 0.29) is 0 Å². The minimum atomic E-state index is 0.462. The fourth-order valence-corrected chi connectivity index (χ4v) is 3.22. The summed E-state index contributed by atoms with van der Waals surface area (Å²) in [6, 6.07) is 21.4. The van der Waals surface area contributed by atoms with Gasteiger partial charge in [0, 0.05) is 10.9 Å². The summed E-state index contributed by atoms with van der Waals surface area (Å²) in [5, 5.41) is 6.38. The van der Waals surface area contributed by atoms with Crippen molar-refractivity contribution in [1.82, 2.24) is 9.97 Å². The van der Waals surface area contributed by atoms with E-state index in [2.05, 4.69) is 46.7 Å². The third-order valence-electron chi connectivity index (χ3n) is 4.58. The van der Waals surface area contributed by atoms with Gasteiger partial charge in [0.05, 0.1) is 21.3 Å². The Labute approximate surface area is 179 Å². The van der Waals surface area contributed by atoms with Crippen LogP contribution < -0.4 is 5.43 Å². The predicted octanol–water partition coefficient (Wildman–Crippen LogP) is 6.75. The molecular formula is C23H18Cl2N4. The van der Waals surface area contributed by atoms with Gasteiger partial charge in [-0.05, 0) is 49.7 Å². The Kier molecular flexibility index (Phi) is 5.47. The summed E-state index contributed by atoms with van der Waals surface area (Å²) >= 11 is 12.2. The number of benzene rings is 3. The normalized spacial score (nSPS) is 11.7. The number of rotatable bonds is 4. The Morgan fingerprint density at radius 1 is 0.897 bits per heavy atom. The third kappa shape index (κ3) is 4.24. The van der Waals surface area contributed by atoms with Gasteiger partial charge in [0.1, 0.15) is 0 Å². The van der Waals surface area contributed by atoms with Crippen LogP contribution in [0.5, 0.6) is 0 Å². The van der Waals surface area contributed by atoms with Crippen molar-refractivity contribution >= 4 is 45.6 Å². The Hall–Kier alpha value is -2.95. The van der Waals surface area contributed by atoms with Crippen LogP contribution >= 0.6 is 23.2 Å². The molecule has 0 aliphatic rings.